The van der Waals surface area contributed by atoms with Gasteiger partial charge in [0, 0.05) is 24.7 Å². The normalized spacial score (nSPS) is 34.4. The van der Waals surface area contributed by atoms with E-state index in [1.165, 1.54) is 24.0 Å². The minimum Gasteiger partial charge on any atom is -0.466 e. The van der Waals surface area contributed by atoms with Gasteiger partial charge in [0.25, 0.3) is 0 Å². The molecule has 5 heteroatoms. The van der Waals surface area contributed by atoms with Crippen LogP contribution in [0.15, 0.2) is 18.2 Å². The van der Waals surface area contributed by atoms with Crippen molar-refractivity contribution in [3.05, 3.63) is 29.3 Å². The number of unbranched alkanes of at least 4 members (excludes halogenated alkanes) is 1. The third-order valence-electron chi connectivity index (χ3n) is 9.71. The first-order valence-electron chi connectivity index (χ1n) is 14.7. The Morgan fingerprint density at radius 3 is 2.89 bits per heavy atom. The zero-order valence-corrected chi connectivity index (χ0v) is 22.7. The van der Waals surface area contributed by atoms with Crippen LogP contribution in [0.25, 0.3) is 0 Å². The Labute approximate surface area is 222 Å². The highest BCUT2D eigenvalue weighted by atomic mass is 16.7. The van der Waals surface area contributed by atoms with Crippen molar-refractivity contribution in [2.45, 2.75) is 115 Å². The van der Waals surface area contributed by atoms with Crippen LogP contribution in [-0.4, -0.2) is 36.2 Å². The Kier molecular flexibility index (Phi) is 8.17. The average molecular weight is 509 g/mol. The van der Waals surface area contributed by atoms with Gasteiger partial charge in [0.05, 0.1) is 13.2 Å². The molecule has 5 nitrogen and oxygen atoms in total. The first-order valence-corrected chi connectivity index (χ1v) is 14.7. The fourth-order valence-electron chi connectivity index (χ4n) is 7.64. The SMILES string of the molecule is CCCC(=O)OCCCC#C[C@]1(O)CC[C@H]2[C@@H]3CCc4cc(OC5CCCCO5)ccc4[C@H]3CC[C@@]21C. The molecule has 1 unspecified atom stereocenters. The summed E-state index contributed by atoms with van der Waals surface area (Å²) >= 11 is 0. The maximum atomic E-state index is 11.8. The molecule has 0 spiro atoms. The molecule has 1 N–H and O–H groups in total. The number of carbonyl (C=O) groups is 1. The van der Waals surface area contributed by atoms with Gasteiger partial charge in [0.15, 0.2) is 6.29 Å². The van der Waals surface area contributed by atoms with E-state index in [4.69, 9.17) is 14.2 Å². The van der Waals surface area contributed by atoms with Crippen LogP contribution in [0.5, 0.6) is 5.75 Å². The molecule has 1 aromatic carbocycles. The van der Waals surface area contributed by atoms with Gasteiger partial charge in [-0.15, -0.1) is 5.92 Å². The Morgan fingerprint density at radius 1 is 1.19 bits per heavy atom. The number of benzene rings is 1. The van der Waals surface area contributed by atoms with Crippen molar-refractivity contribution < 1.29 is 24.1 Å². The molecule has 1 aromatic rings. The van der Waals surface area contributed by atoms with Crippen LogP contribution in [0.1, 0.15) is 108 Å². The number of hydrogen-bond donors (Lipinski definition) is 1. The Balaban J connectivity index is 1.21. The number of aliphatic hydroxyl groups is 1. The maximum Gasteiger partial charge on any atom is 0.305 e. The largest absolute Gasteiger partial charge is 0.466 e. The van der Waals surface area contributed by atoms with Crippen molar-refractivity contribution in [1.82, 2.24) is 0 Å². The predicted octanol–water partition coefficient (Wildman–Crippen LogP) is 6.31. The summed E-state index contributed by atoms with van der Waals surface area (Å²) in [6.45, 7) is 5.47. The Hall–Kier alpha value is -2.03. The summed E-state index contributed by atoms with van der Waals surface area (Å²) in [4.78, 5) is 11.5. The third-order valence-corrected chi connectivity index (χ3v) is 9.71. The van der Waals surface area contributed by atoms with Crippen LogP contribution < -0.4 is 4.74 Å². The van der Waals surface area contributed by atoms with Crippen molar-refractivity contribution >= 4 is 5.97 Å². The lowest BCUT2D eigenvalue weighted by Crippen LogP contribution is -2.50. The van der Waals surface area contributed by atoms with E-state index in [0.29, 0.717) is 37.2 Å². The summed E-state index contributed by atoms with van der Waals surface area (Å²) in [5.74, 6) is 9.03. The molecule has 1 heterocycles. The van der Waals surface area contributed by atoms with Gasteiger partial charge in [-0.2, -0.15) is 0 Å². The van der Waals surface area contributed by atoms with Gasteiger partial charge >= 0.3 is 5.97 Å². The van der Waals surface area contributed by atoms with E-state index >= 15 is 0 Å². The second-order valence-electron chi connectivity index (χ2n) is 11.9. The Morgan fingerprint density at radius 2 is 2.08 bits per heavy atom. The molecule has 37 heavy (non-hydrogen) atoms. The molecule has 202 valence electrons. The first kappa shape index (κ1) is 26.6. The molecular formula is C32H44O5. The van der Waals surface area contributed by atoms with E-state index < -0.39 is 5.60 Å². The van der Waals surface area contributed by atoms with Crippen molar-refractivity contribution in [1.29, 1.82) is 0 Å². The number of esters is 1. The van der Waals surface area contributed by atoms with Gasteiger partial charge in [0.2, 0.25) is 0 Å². The van der Waals surface area contributed by atoms with Crippen LogP contribution in [0.2, 0.25) is 0 Å². The second-order valence-corrected chi connectivity index (χ2v) is 11.9. The number of ether oxygens (including phenoxy) is 3. The molecule has 5 rings (SSSR count). The number of fused-ring (bicyclic) bond motifs is 5. The summed E-state index contributed by atoms with van der Waals surface area (Å²) in [6.07, 6.45) is 12.0. The minimum absolute atomic E-state index is 0.105. The van der Waals surface area contributed by atoms with Crippen molar-refractivity contribution in [2.24, 2.45) is 17.3 Å². The molecule has 1 saturated heterocycles. The molecule has 0 radical (unpaired) electrons. The van der Waals surface area contributed by atoms with E-state index in [2.05, 4.69) is 37.0 Å². The van der Waals surface area contributed by atoms with Gasteiger partial charge in [-0.05, 0) is 105 Å². The number of carbonyl (C=O) groups excluding carboxylic acids is 1. The monoisotopic (exact) mass is 508 g/mol. The van der Waals surface area contributed by atoms with Gasteiger partial charge in [-0.25, -0.2) is 0 Å². The van der Waals surface area contributed by atoms with Crippen LogP contribution >= 0.6 is 0 Å². The van der Waals surface area contributed by atoms with Gasteiger partial charge in [0.1, 0.15) is 11.4 Å². The van der Waals surface area contributed by atoms with E-state index in [1.54, 1.807) is 0 Å². The van der Waals surface area contributed by atoms with Crippen molar-refractivity contribution in [3.63, 3.8) is 0 Å². The topological polar surface area (TPSA) is 65.0 Å². The van der Waals surface area contributed by atoms with Crippen LogP contribution in [-0.2, 0) is 20.7 Å². The summed E-state index contributed by atoms with van der Waals surface area (Å²) < 4.78 is 17.2. The lowest BCUT2D eigenvalue weighted by Gasteiger charge is -2.52. The smallest absolute Gasteiger partial charge is 0.305 e. The molecule has 4 aliphatic rings. The molecule has 6 atom stereocenters. The molecule has 1 aliphatic heterocycles. The molecule has 3 fully saturated rings. The number of hydrogen-bond acceptors (Lipinski definition) is 5. The third kappa shape index (κ3) is 5.43. The summed E-state index contributed by atoms with van der Waals surface area (Å²) in [7, 11) is 0. The van der Waals surface area contributed by atoms with E-state index in [-0.39, 0.29) is 17.7 Å². The Bertz CT molecular complexity index is 1020. The molecule has 0 bridgehead atoms. The van der Waals surface area contributed by atoms with E-state index in [1.807, 2.05) is 6.92 Å². The predicted molar refractivity (Wildman–Crippen MR) is 143 cm³/mol. The fourth-order valence-corrected chi connectivity index (χ4v) is 7.64. The minimum atomic E-state index is -0.917. The molecule has 0 aromatic heterocycles. The van der Waals surface area contributed by atoms with Crippen molar-refractivity contribution in [3.8, 4) is 17.6 Å². The van der Waals surface area contributed by atoms with Crippen LogP contribution in [0.4, 0.5) is 0 Å². The fraction of sp³-hybridized carbons (Fsp3) is 0.719. The highest BCUT2D eigenvalue weighted by molar-refractivity contribution is 5.69. The molecule has 3 aliphatic carbocycles. The second kappa shape index (κ2) is 11.4. The highest BCUT2D eigenvalue weighted by Crippen LogP contribution is 2.64. The van der Waals surface area contributed by atoms with E-state index in [9.17, 15) is 9.90 Å². The summed E-state index contributed by atoms with van der Waals surface area (Å²) in [5.41, 5.74) is 1.85. The van der Waals surface area contributed by atoms with Crippen molar-refractivity contribution in [2.75, 3.05) is 13.2 Å². The molecule has 0 amide bonds. The summed E-state index contributed by atoms with van der Waals surface area (Å²) in [5, 5.41) is 11.8. The van der Waals surface area contributed by atoms with Crippen LogP contribution in [0.3, 0.4) is 0 Å². The molecule has 2 saturated carbocycles. The van der Waals surface area contributed by atoms with Gasteiger partial charge in [-0.1, -0.05) is 25.8 Å². The standard InChI is InChI=1S/C32H44O5/c1-3-9-29(33)35-20-7-4-6-17-32(34)19-16-28-27-13-11-23-22-24(37-30-10-5-8-21-36-30)12-14-25(23)26(27)15-18-31(28,32)2/h12,14,22,26-28,30,34H,3-5,7-11,13,15-16,18-21H2,1-2H3/t26-,27-,28+,30?,31+,32+/m1/s1. The lowest BCUT2D eigenvalue weighted by atomic mass is 9.53. The number of rotatable bonds is 7. The molecular weight excluding hydrogens is 464 g/mol. The van der Waals surface area contributed by atoms with Gasteiger partial charge < -0.3 is 19.3 Å². The van der Waals surface area contributed by atoms with E-state index in [0.717, 1.165) is 70.1 Å². The van der Waals surface area contributed by atoms with Crippen LogP contribution in [0, 0.1) is 29.1 Å². The summed E-state index contributed by atoms with van der Waals surface area (Å²) in [6, 6.07) is 6.71. The first-order chi connectivity index (χ1) is 17.9. The maximum absolute atomic E-state index is 11.8. The number of aryl methyl sites for hydroxylation is 1. The zero-order chi connectivity index (χ0) is 25.9. The average Bonchev–Trinajstić information content (AvgIpc) is 3.17. The lowest BCUT2D eigenvalue weighted by molar-refractivity contribution is -0.143. The zero-order valence-electron chi connectivity index (χ0n) is 22.7. The quantitative estimate of drug-likeness (QED) is 0.266. The highest BCUT2D eigenvalue weighted by Gasteiger charge is 2.61. The van der Waals surface area contributed by atoms with Gasteiger partial charge in [-0.3, -0.25) is 4.79 Å².